The Morgan fingerprint density at radius 1 is 1.23 bits per heavy atom. The molecular weight excluding hydrogens is 365 g/mol. The van der Waals surface area contributed by atoms with E-state index in [2.05, 4.69) is 0 Å². The van der Waals surface area contributed by atoms with E-state index < -0.39 is 49.1 Å². The fourth-order valence-corrected chi connectivity index (χ4v) is 3.81. The van der Waals surface area contributed by atoms with E-state index in [9.17, 15) is 29.5 Å². The first-order valence-corrected chi connectivity index (χ1v) is 8.78. The predicted molar refractivity (Wildman–Crippen MR) is 90.6 cm³/mol. The van der Waals surface area contributed by atoms with Crippen LogP contribution >= 0.6 is 8.15 Å². The Bertz CT molecular complexity index is 931. The first kappa shape index (κ1) is 18.6. The second-order valence-corrected chi connectivity index (χ2v) is 7.27. The largest absolute Gasteiger partial charge is 0.387 e. The first-order valence-electron chi connectivity index (χ1n) is 7.49. The molecule has 0 saturated carbocycles. The molecule has 1 aromatic heterocycles. The molecule has 138 valence electrons. The average molecular weight is 381 g/mol. The number of hydrogen-bond acceptors (Lipinski definition) is 8. The molecule has 2 aromatic rings. The van der Waals surface area contributed by atoms with E-state index in [-0.39, 0.29) is 0 Å². The minimum atomic E-state index is -2.35. The molecule has 1 fully saturated rings. The molecule has 1 unspecified atom stereocenters. The summed E-state index contributed by atoms with van der Waals surface area (Å²) < 4.78 is 5.97. The zero-order chi connectivity index (χ0) is 19.1. The number of nitrogens with zero attached hydrogens (tertiary/aromatic N) is 1. The van der Waals surface area contributed by atoms with Crippen LogP contribution in [0.3, 0.4) is 0 Å². The summed E-state index contributed by atoms with van der Waals surface area (Å²) in [7, 11) is -2.35. The van der Waals surface area contributed by atoms with Gasteiger partial charge in [-0.15, -0.1) is 0 Å². The minimum Gasteiger partial charge on any atom is -0.387 e. The molecule has 1 aliphatic rings. The number of rotatable bonds is 4. The predicted octanol–water partition coefficient (Wildman–Crippen LogP) is -2.53. The zero-order valence-electron chi connectivity index (χ0n) is 13.2. The van der Waals surface area contributed by atoms with Gasteiger partial charge in [-0.25, -0.2) is 4.79 Å². The molecule has 2 heterocycles. The quantitative estimate of drug-likeness (QED) is 0.361. The van der Waals surface area contributed by atoms with Crippen LogP contribution < -0.4 is 22.3 Å². The fourth-order valence-electron chi connectivity index (χ4n) is 2.66. The highest BCUT2D eigenvalue weighted by Crippen LogP contribution is 2.39. The summed E-state index contributed by atoms with van der Waals surface area (Å²) >= 11 is 0. The van der Waals surface area contributed by atoms with Crippen LogP contribution in [0, 0.1) is 0 Å². The number of hydrogen-bond donors (Lipinski definition) is 5. The van der Waals surface area contributed by atoms with Gasteiger partial charge in [0, 0.05) is 17.6 Å². The van der Waals surface area contributed by atoms with Crippen molar-refractivity contribution in [1.82, 2.24) is 9.55 Å². The van der Waals surface area contributed by atoms with Crippen LogP contribution in [0.25, 0.3) is 0 Å². The van der Waals surface area contributed by atoms with Crippen molar-refractivity contribution in [2.24, 2.45) is 5.73 Å². The van der Waals surface area contributed by atoms with Crippen molar-refractivity contribution >= 4 is 19.0 Å². The lowest BCUT2D eigenvalue weighted by atomic mass is 10.1. The summed E-state index contributed by atoms with van der Waals surface area (Å²) in [4.78, 5) is 47.9. The number of aliphatic hydroxyl groups is 2. The molecule has 26 heavy (non-hydrogen) atoms. The average Bonchev–Trinajstić information content (AvgIpc) is 2.86. The Hall–Kier alpha value is -2.20. The van der Waals surface area contributed by atoms with Crippen LogP contribution in [0.5, 0.6) is 0 Å². The number of ether oxygens (including phenoxy) is 1. The lowest BCUT2D eigenvalue weighted by Gasteiger charge is -2.28. The van der Waals surface area contributed by atoms with Gasteiger partial charge in [0.25, 0.3) is 5.56 Å². The Morgan fingerprint density at radius 2 is 1.88 bits per heavy atom. The van der Waals surface area contributed by atoms with Crippen LogP contribution in [0.1, 0.15) is 0 Å². The van der Waals surface area contributed by atoms with Gasteiger partial charge in [-0.1, -0.05) is 30.3 Å². The Kier molecular flexibility index (Phi) is 4.89. The number of carbonyl (C=O) groups excluding carboxylic acids is 1. The van der Waals surface area contributed by atoms with Crippen molar-refractivity contribution in [3.63, 3.8) is 0 Å². The molecule has 0 spiro atoms. The molecule has 6 N–H and O–H groups in total. The number of aliphatic hydroxyl groups excluding tert-OH is 2. The van der Waals surface area contributed by atoms with Crippen molar-refractivity contribution in [3.05, 3.63) is 63.4 Å². The lowest BCUT2D eigenvalue weighted by molar-refractivity contribution is -0.151. The second kappa shape index (κ2) is 6.84. The van der Waals surface area contributed by atoms with Gasteiger partial charge in [-0.3, -0.25) is 24.9 Å². The molecule has 0 aliphatic carbocycles. The third-order valence-corrected chi connectivity index (χ3v) is 5.49. The van der Waals surface area contributed by atoms with E-state index in [1.165, 1.54) is 12.1 Å². The third-order valence-electron chi connectivity index (χ3n) is 4.03. The van der Waals surface area contributed by atoms with Gasteiger partial charge in [0.2, 0.25) is 11.4 Å². The highest BCUT2D eigenvalue weighted by atomic mass is 31.1. The van der Waals surface area contributed by atoms with Crippen LogP contribution in [0.15, 0.2) is 52.2 Å². The molecule has 10 nitrogen and oxygen atoms in total. The number of nitrogens with two attached hydrogens (primary N) is 1. The molecule has 1 aliphatic heterocycles. The number of benzene rings is 1. The van der Waals surface area contributed by atoms with Gasteiger partial charge >= 0.3 is 5.69 Å². The lowest BCUT2D eigenvalue weighted by Crippen LogP contribution is -2.57. The van der Waals surface area contributed by atoms with Crippen LogP contribution in [-0.2, 0) is 15.4 Å². The molecule has 5 atom stereocenters. The topological polar surface area (TPSA) is 168 Å². The van der Waals surface area contributed by atoms with Crippen molar-refractivity contribution in [2.45, 2.75) is 24.2 Å². The molecule has 0 bridgehead atoms. The summed E-state index contributed by atoms with van der Waals surface area (Å²) in [6, 6.07) is 8.99. The summed E-state index contributed by atoms with van der Waals surface area (Å²) in [5.41, 5.74) is 3.35. The monoisotopic (exact) mass is 381 g/mol. The second-order valence-electron chi connectivity index (χ2n) is 5.69. The smallest absolute Gasteiger partial charge is 0.331 e. The molecule has 0 radical (unpaired) electrons. The van der Waals surface area contributed by atoms with Gasteiger partial charge < -0.3 is 19.8 Å². The van der Waals surface area contributed by atoms with Gasteiger partial charge in [0.05, 0.1) is 0 Å². The van der Waals surface area contributed by atoms with E-state index in [1.54, 1.807) is 18.2 Å². The highest BCUT2D eigenvalue weighted by molar-refractivity contribution is 7.76. The van der Waals surface area contributed by atoms with Crippen LogP contribution in [0.4, 0.5) is 0 Å². The summed E-state index contributed by atoms with van der Waals surface area (Å²) in [5.74, 6) is -2.30. The Labute approximate surface area is 147 Å². The zero-order valence-corrected chi connectivity index (χ0v) is 14.1. The van der Waals surface area contributed by atoms with Gasteiger partial charge in [0.15, 0.2) is 6.10 Å². The van der Waals surface area contributed by atoms with Crippen molar-refractivity contribution in [2.75, 3.05) is 0 Å². The standard InChI is InChI=1S/C15H16N3O7P/c16-15(18-7-6-9(19)17-14(18)23)12(21)10(20)11(25-15)13(22)26(24)8-4-2-1-3-5-8/h1-7,10-12,20-21,24H,16H2,(H,17,19,23)/t10-,11+,12-,15+,26?/m1/s1. The van der Waals surface area contributed by atoms with Crippen molar-refractivity contribution in [1.29, 1.82) is 0 Å². The molecule has 1 aromatic carbocycles. The Morgan fingerprint density at radius 3 is 2.50 bits per heavy atom. The first-order chi connectivity index (χ1) is 12.3. The van der Waals surface area contributed by atoms with E-state index in [1.807, 2.05) is 4.98 Å². The number of aromatic amines is 1. The number of nitrogens with one attached hydrogen (secondary N) is 1. The van der Waals surface area contributed by atoms with E-state index in [4.69, 9.17) is 10.5 Å². The van der Waals surface area contributed by atoms with Crippen molar-refractivity contribution in [3.8, 4) is 0 Å². The summed E-state index contributed by atoms with van der Waals surface area (Å²) in [6.07, 6.45) is -4.33. The van der Waals surface area contributed by atoms with E-state index in [0.717, 1.165) is 12.3 Å². The van der Waals surface area contributed by atoms with Gasteiger partial charge in [-0.2, -0.15) is 0 Å². The Balaban J connectivity index is 1.93. The maximum atomic E-state index is 12.5. The molecule has 1 saturated heterocycles. The van der Waals surface area contributed by atoms with Crippen LogP contribution in [-0.4, -0.2) is 48.5 Å². The normalized spacial score (nSPS) is 29.5. The molecule has 11 heteroatoms. The van der Waals surface area contributed by atoms with Gasteiger partial charge in [-0.05, 0) is 0 Å². The molecule has 0 amide bonds. The van der Waals surface area contributed by atoms with E-state index >= 15 is 0 Å². The fraction of sp³-hybridized carbons (Fsp3) is 0.267. The minimum absolute atomic E-state index is 0.327. The third kappa shape index (κ3) is 3.03. The SMILES string of the molecule is N[C@@]1(n2ccc(=O)[nH]c2=O)O[C@H](C(=O)P(O)c2ccccc2)[C@@H](O)[C@H]1O. The van der Waals surface area contributed by atoms with E-state index in [0.29, 0.717) is 9.87 Å². The molecule has 3 rings (SSSR count). The van der Waals surface area contributed by atoms with Crippen LogP contribution in [0.2, 0.25) is 0 Å². The van der Waals surface area contributed by atoms with Crippen molar-refractivity contribution < 1.29 is 24.6 Å². The highest BCUT2D eigenvalue weighted by Gasteiger charge is 2.57. The number of H-pyrrole nitrogens is 1. The number of aromatic nitrogens is 2. The van der Waals surface area contributed by atoms with Gasteiger partial charge in [0.1, 0.15) is 20.4 Å². The molecular formula is C15H16N3O7P. The number of carbonyl (C=O) groups is 1. The summed E-state index contributed by atoms with van der Waals surface area (Å²) in [6.45, 7) is 0. The maximum absolute atomic E-state index is 12.5. The maximum Gasteiger partial charge on any atom is 0.331 e. The summed E-state index contributed by atoms with van der Waals surface area (Å²) in [5, 5.41) is 20.8.